The van der Waals surface area contributed by atoms with Gasteiger partial charge in [0.15, 0.2) is 0 Å². The number of rotatable bonds is 5. The fourth-order valence-corrected chi connectivity index (χ4v) is 2.29. The van der Waals surface area contributed by atoms with E-state index in [9.17, 15) is 0 Å². The van der Waals surface area contributed by atoms with Crippen LogP contribution >= 0.6 is 0 Å². The first-order valence-electron chi connectivity index (χ1n) is 6.16. The van der Waals surface area contributed by atoms with Crippen LogP contribution in [0.5, 0.6) is 0 Å². The Morgan fingerprint density at radius 1 is 1.40 bits per heavy atom. The molecular weight excluding hydrogens is 188 g/mol. The van der Waals surface area contributed by atoms with E-state index in [1.807, 2.05) is 6.92 Å². The summed E-state index contributed by atoms with van der Waals surface area (Å²) in [5.74, 6) is 0.743. The fraction of sp³-hybridized carbons (Fsp3) is 1.00. The van der Waals surface area contributed by atoms with E-state index in [0.29, 0.717) is 12.1 Å². The standard InChI is InChI=1S/C12H26N2O/c1-5-15-7-6-13-12-8-11(3)14(4)9-10(12)2/h10-13H,5-9H2,1-4H3/t10-,11-,12-/m1/s1. The first kappa shape index (κ1) is 12.9. The zero-order chi connectivity index (χ0) is 11.3. The highest BCUT2D eigenvalue weighted by Gasteiger charge is 2.28. The van der Waals surface area contributed by atoms with E-state index in [2.05, 4.69) is 31.1 Å². The summed E-state index contributed by atoms with van der Waals surface area (Å²) in [5, 5.41) is 3.61. The molecule has 1 fully saturated rings. The normalized spacial score (nSPS) is 33.2. The summed E-state index contributed by atoms with van der Waals surface area (Å²) < 4.78 is 5.33. The maximum absolute atomic E-state index is 5.33. The third kappa shape index (κ3) is 4.09. The summed E-state index contributed by atoms with van der Waals surface area (Å²) in [7, 11) is 2.22. The first-order valence-corrected chi connectivity index (χ1v) is 6.16. The summed E-state index contributed by atoms with van der Waals surface area (Å²) in [6.07, 6.45) is 1.25. The molecule has 0 spiro atoms. The second-order valence-corrected chi connectivity index (χ2v) is 4.76. The van der Waals surface area contributed by atoms with Crippen LogP contribution in [0.2, 0.25) is 0 Å². The van der Waals surface area contributed by atoms with Crippen LogP contribution in [0.4, 0.5) is 0 Å². The molecule has 0 aliphatic carbocycles. The van der Waals surface area contributed by atoms with Gasteiger partial charge >= 0.3 is 0 Å². The van der Waals surface area contributed by atoms with Crippen LogP contribution in [0.1, 0.15) is 27.2 Å². The second-order valence-electron chi connectivity index (χ2n) is 4.76. The number of piperidine rings is 1. The van der Waals surface area contributed by atoms with Gasteiger partial charge in [-0.05, 0) is 33.2 Å². The Morgan fingerprint density at radius 2 is 2.13 bits per heavy atom. The van der Waals surface area contributed by atoms with Gasteiger partial charge in [0.05, 0.1) is 6.61 Å². The van der Waals surface area contributed by atoms with Crippen LogP contribution in [0.15, 0.2) is 0 Å². The van der Waals surface area contributed by atoms with Crippen molar-refractivity contribution in [3.63, 3.8) is 0 Å². The predicted molar refractivity (Wildman–Crippen MR) is 64.2 cm³/mol. The van der Waals surface area contributed by atoms with E-state index in [4.69, 9.17) is 4.74 Å². The first-order chi connectivity index (χ1) is 7.15. The molecule has 1 saturated heterocycles. The van der Waals surface area contributed by atoms with Gasteiger partial charge in [0.1, 0.15) is 0 Å². The lowest BCUT2D eigenvalue weighted by Gasteiger charge is -2.40. The number of nitrogens with one attached hydrogen (secondary N) is 1. The van der Waals surface area contributed by atoms with E-state index in [1.54, 1.807) is 0 Å². The SMILES string of the molecule is CCOCCN[C@@H]1C[C@@H](C)N(C)C[C@H]1C. The highest BCUT2D eigenvalue weighted by Crippen LogP contribution is 2.20. The molecule has 0 unspecified atom stereocenters. The molecule has 0 bridgehead atoms. The molecule has 90 valence electrons. The summed E-state index contributed by atoms with van der Waals surface area (Å²) in [5.41, 5.74) is 0. The largest absolute Gasteiger partial charge is 0.380 e. The topological polar surface area (TPSA) is 24.5 Å². The van der Waals surface area contributed by atoms with Gasteiger partial charge in [-0.1, -0.05) is 6.92 Å². The Bertz CT molecular complexity index is 175. The fourth-order valence-electron chi connectivity index (χ4n) is 2.29. The lowest BCUT2D eigenvalue weighted by Crippen LogP contribution is -2.51. The van der Waals surface area contributed by atoms with Crippen LogP contribution in [0.3, 0.4) is 0 Å². The predicted octanol–water partition coefficient (Wildman–Crippen LogP) is 1.34. The van der Waals surface area contributed by atoms with E-state index < -0.39 is 0 Å². The van der Waals surface area contributed by atoms with E-state index in [0.717, 1.165) is 25.7 Å². The minimum Gasteiger partial charge on any atom is -0.380 e. The summed E-state index contributed by atoms with van der Waals surface area (Å²) in [4.78, 5) is 2.45. The van der Waals surface area contributed by atoms with Gasteiger partial charge in [-0.25, -0.2) is 0 Å². The van der Waals surface area contributed by atoms with Crippen molar-refractivity contribution in [3.05, 3.63) is 0 Å². The molecular formula is C12H26N2O. The Hall–Kier alpha value is -0.120. The maximum Gasteiger partial charge on any atom is 0.0590 e. The third-order valence-electron chi connectivity index (χ3n) is 3.47. The van der Waals surface area contributed by atoms with Crippen molar-refractivity contribution in [2.24, 2.45) is 5.92 Å². The number of hydrogen-bond donors (Lipinski definition) is 1. The van der Waals surface area contributed by atoms with Gasteiger partial charge in [-0.15, -0.1) is 0 Å². The minimum atomic E-state index is 0.664. The molecule has 3 heteroatoms. The quantitative estimate of drug-likeness (QED) is 0.699. The minimum absolute atomic E-state index is 0.664. The van der Waals surface area contributed by atoms with Crippen molar-refractivity contribution in [3.8, 4) is 0 Å². The van der Waals surface area contributed by atoms with Crippen molar-refractivity contribution in [1.82, 2.24) is 10.2 Å². The average Bonchev–Trinajstić information content (AvgIpc) is 2.20. The van der Waals surface area contributed by atoms with Crippen LogP contribution in [0.25, 0.3) is 0 Å². The maximum atomic E-state index is 5.33. The Balaban J connectivity index is 2.22. The molecule has 0 radical (unpaired) electrons. The molecule has 0 aromatic heterocycles. The van der Waals surface area contributed by atoms with Gasteiger partial charge in [0.25, 0.3) is 0 Å². The Labute approximate surface area is 94.2 Å². The van der Waals surface area contributed by atoms with Crippen molar-refractivity contribution in [2.75, 3.05) is 33.4 Å². The monoisotopic (exact) mass is 214 g/mol. The molecule has 1 aliphatic rings. The molecule has 15 heavy (non-hydrogen) atoms. The van der Waals surface area contributed by atoms with Crippen molar-refractivity contribution in [2.45, 2.75) is 39.3 Å². The van der Waals surface area contributed by atoms with Gasteiger partial charge < -0.3 is 15.0 Å². The smallest absolute Gasteiger partial charge is 0.0590 e. The van der Waals surface area contributed by atoms with Gasteiger partial charge in [-0.2, -0.15) is 0 Å². The van der Waals surface area contributed by atoms with E-state index >= 15 is 0 Å². The van der Waals surface area contributed by atoms with Crippen LogP contribution < -0.4 is 5.32 Å². The lowest BCUT2D eigenvalue weighted by molar-refractivity contribution is 0.107. The van der Waals surface area contributed by atoms with Crippen molar-refractivity contribution in [1.29, 1.82) is 0 Å². The molecule has 0 saturated carbocycles. The van der Waals surface area contributed by atoms with E-state index in [1.165, 1.54) is 13.0 Å². The van der Waals surface area contributed by atoms with E-state index in [-0.39, 0.29) is 0 Å². The molecule has 0 aromatic rings. The highest BCUT2D eigenvalue weighted by atomic mass is 16.5. The van der Waals surface area contributed by atoms with Crippen LogP contribution in [-0.2, 0) is 4.74 Å². The number of nitrogens with zero attached hydrogens (tertiary/aromatic N) is 1. The Kier molecular flexibility index (Phi) is 5.58. The Morgan fingerprint density at radius 3 is 2.80 bits per heavy atom. The molecule has 1 aliphatic heterocycles. The summed E-state index contributed by atoms with van der Waals surface area (Å²) >= 11 is 0. The van der Waals surface area contributed by atoms with Crippen molar-refractivity contribution < 1.29 is 4.74 Å². The number of ether oxygens (including phenoxy) is 1. The number of hydrogen-bond acceptors (Lipinski definition) is 3. The van der Waals surface area contributed by atoms with Crippen molar-refractivity contribution >= 4 is 0 Å². The number of likely N-dealkylation sites (tertiary alicyclic amines) is 1. The molecule has 1 N–H and O–H groups in total. The van der Waals surface area contributed by atoms with Gasteiger partial charge in [0, 0.05) is 31.8 Å². The molecule has 3 nitrogen and oxygen atoms in total. The zero-order valence-electron chi connectivity index (χ0n) is 10.6. The summed E-state index contributed by atoms with van der Waals surface area (Å²) in [6, 6.07) is 1.36. The lowest BCUT2D eigenvalue weighted by atomic mass is 9.90. The van der Waals surface area contributed by atoms with Gasteiger partial charge in [0.2, 0.25) is 0 Å². The molecule has 0 amide bonds. The molecule has 1 rings (SSSR count). The second kappa shape index (κ2) is 6.46. The third-order valence-corrected chi connectivity index (χ3v) is 3.47. The zero-order valence-corrected chi connectivity index (χ0v) is 10.6. The van der Waals surface area contributed by atoms with Crippen LogP contribution in [0, 0.1) is 5.92 Å². The van der Waals surface area contributed by atoms with Crippen LogP contribution in [-0.4, -0.2) is 50.3 Å². The van der Waals surface area contributed by atoms with Gasteiger partial charge in [-0.3, -0.25) is 0 Å². The summed E-state index contributed by atoms with van der Waals surface area (Å²) in [6.45, 7) is 10.5. The molecule has 1 heterocycles. The highest BCUT2D eigenvalue weighted by molar-refractivity contribution is 4.85. The average molecular weight is 214 g/mol. The molecule has 3 atom stereocenters. The molecule has 0 aromatic carbocycles.